The van der Waals surface area contributed by atoms with Crippen molar-refractivity contribution in [2.45, 2.75) is 33.1 Å². The number of rotatable bonds is 8. The molecule has 0 aromatic rings. The fourth-order valence-electron chi connectivity index (χ4n) is 1.31. The maximum absolute atomic E-state index is 11.4. The normalized spacial score (nSPS) is 11.5. The number of carbonyl (C=O) groups is 1. The quantitative estimate of drug-likeness (QED) is 0.672. The number of halogens is 1. The van der Waals surface area contributed by atoms with Crippen LogP contribution in [0.15, 0.2) is 0 Å². The molecular weight excluding hydrogens is 230 g/mol. The van der Waals surface area contributed by atoms with Crippen molar-refractivity contribution in [1.82, 2.24) is 5.32 Å². The van der Waals surface area contributed by atoms with Gasteiger partial charge in [-0.1, -0.05) is 13.8 Å². The molecule has 0 fully saturated rings. The monoisotopic (exact) mass is 251 g/mol. The largest absolute Gasteiger partial charge is 0.355 e. The molecule has 0 saturated heterocycles. The maximum Gasteiger partial charge on any atom is 0.220 e. The van der Waals surface area contributed by atoms with Gasteiger partial charge in [0, 0.05) is 30.0 Å². The zero-order valence-electron chi connectivity index (χ0n) is 9.94. The van der Waals surface area contributed by atoms with Crippen molar-refractivity contribution < 1.29 is 4.79 Å². The first-order valence-corrected chi connectivity index (χ1v) is 7.38. The Bertz CT molecular complexity index is 175. The van der Waals surface area contributed by atoms with Crippen LogP contribution in [0.3, 0.4) is 0 Å². The first-order valence-electron chi connectivity index (χ1n) is 5.45. The summed E-state index contributed by atoms with van der Waals surface area (Å²) < 4.78 is 0. The second-order valence-corrected chi connectivity index (χ2v) is 5.11. The van der Waals surface area contributed by atoms with Gasteiger partial charge in [0.15, 0.2) is 0 Å². The summed E-state index contributed by atoms with van der Waals surface area (Å²) in [6, 6.07) is 0. The van der Waals surface area contributed by atoms with Crippen LogP contribution in [0.1, 0.15) is 33.1 Å². The van der Waals surface area contributed by atoms with Crippen LogP contribution in [0, 0.1) is 5.41 Å². The first kappa shape index (κ1) is 15.1. The third kappa shape index (κ3) is 5.67. The zero-order valence-corrected chi connectivity index (χ0v) is 11.5. The molecule has 0 atom stereocenters. The minimum Gasteiger partial charge on any atom is -0.355 e. The van der Waals surface area contributed by atoms with Crippen molar-refractivity contribution in [3.8, 4) is 0 Å². The lowest BCUT2D eigenvalue weighted by atomic mass is 9.84. The third-order valence-electron chi connectivity index (χ3n) is 2.98. The van der Waals surface area contributed by atoms with Crippen molar-refractivity contribution in [2.24, 2.45) is 5.41 Å². The van der Waals surface area contributed by atoms with E-state index in [1.54, 1.807) is 11.8 Å². The molecule has 0 aromatic heterocycles. The lowest BCUT2D eigenvalue weighted by Gasteiger charge is -2.29. The molecule has 2 nitrogen and oxygen atoms in total. The van der Waals surface area contributed by atoms with Gasteiger partial charge in [0.05, 0.1) is 0 Å². The van der Waals surface area contributed by atoms with E-state index in [2.05, 4.69) is 19.2 Å². The van der Waals surface area contributed by atoms with Crippen molar-refractivity contribution in [3.63, 3.8) is 0 Å². The van der Waals surface area contributed by atoms with Crippen LogP contribution < -0.4 is 5.32 Å². The summed E-state index contributed by atoms with van der Waals surface area (Å²) in [5.41, 5.74) is 0.0799. The molecule has 0 heterocycles. The molecule has 0 aliphatic rings. The number of hydrogen-bond acceptors (Lipinski definition) is 2. The van der Waals surface area contributed by atoms with Crippen LogP contribution in [-0.2, 0) is 4.79 Å². The first-order chi connectivity index (χ1) is 7.14. The highest BCUT2D eigenvalue weighted by Crippen LogP contribution is 2.26. The lowest BCUT2D eigenvalue weighted by molar-refractivity contribution is -0.121. The highest BCUT2D eigenvalue weighted by atomic mass is 35.5. The van der Waals surface area contributed by atoms with Crippen LogP contribution in [0.2, 0.25) is 0 Å². The Labute approximate surface area is 103 Å². The molecule has 1 N–H and O–H groups in total. The summed E-state index contributed by atoms with van der Waals surface area (Å²) in [4.78, 5) is 11.4. The lowest BCUT2D eigenvalue weighted by Crippen LogP contribution is -2.38. The molecular formula is C11H22ClNOS. The number of carbonyl (C=O) groups excluding carboxylic acids is 1. The molecule has 0 saturated carbocycles. The van der Waals surface area contributed by atoms with Crippen molar-refractivity contribution in [3.05, 3.63) is 0 Å². The van der Waals surface area contributed by atoms with Crippen molar-refractivity contribution in [1.29, 1.82) is 0 Å². The average molecular weight is 252 g/mol. The Morgan fingerprint density at radius 1 is 1.40 bits per heavy atom. The van der Waals surface area contributed by atoms with Gasteiger partial charge in [0.1, 0.15) is 0 Å². The smallest absolute Gasteiger partial charge is 0.220 e. The van der Waals surface area contributed by atoms with Crippen molar-refractivity contribution >= 4 is 29.3 Å². The summed E-state index contributed by atoms with van der Waals surface area (Å²) in [5, 5.41) is 2.97. The molecule has 0 rings (SSSR count). The van der Waals surface area contributed by atoms with Crippen LogP contribution in [0.5, 0.6) is 0 Å². The van der Waals surface area contributed by atoms with E-state index < -0.39 is 0 Å². The molecule has 4 heteroatoms. The van der Waals surface area contributed by atoms with E-state index in [1.807, 2.05) is 6.26 Å². The molecule has 0 bridgehead atoms. The topological polar surface area (TPSA) is 29.1 Å². The average Bonchev–Trinajstić information content (AvgIpc) is 2.29. The Balaban J connectivity index is 3.93. The number of thioether (sulfide) groups is 1. The number of hydrogen-bond donors (Lipinski definition) is 1. The minimum absolute atomic E-state index is 0.0799. The summed E-state index contributed by atoms with van der Waals surface area (Å²) in [5.74, 6) is 1.64. The van der Waals surface area contributed by atoms with E-state index in [-0.39, 0.29) is 11.3 Å². The van der Waals surface area contributed by atoms with Gasteiger partial charge in [0.2, 0.25) is 5.91 Å². The molecule has 0 aliphatic heterocycles. The highest BCUT2D eigenvalue weighted by Gasteiger charge is 2.25. The van der Waals surface area contributed by atoms with Gasteiger partial charge in [-0.25, -0.2) is 0 Å². The second kappa shape index (κ2) is 8.28. The van der Waals surface area contributed by atoms with E-state index in [0.717, 1.165) is 18.6 Å². The molecule has 0 radical (unpaired) electrons. The predicted octanol–water partition coefficient (Wildman–Crippen LogP) is 2.90. The second-order valence-electron chi connectivity index (χ2n) is 3.86. The molecule has 0 unspecified atom stereocenters. The van der Waals surface area contributed by atoms with Gasteiger partial charge < -0.3 is 5.32 Å². The Morgan fingerprint density at radius 3 is 2.40 bits per heavy atom. The van der Waals surface area contributed by atoms with E-state index in [9.17, 15) is 4.79 Å². The molecule has 90 valence electrons. The number of amides is 1. The number of alkyl halides is 1. The van der Waals surface area contributed by atoms with Gasteiger partial charge >= 0.3 is 0 Å². The van der Waals surface area contributed by atoms with E-state index in [1.165, 1.54) is 0 Å². The molecule has 0 aromatic carbocycles. The van der Waals surface area contributed by atoms with Crippen LogP contribution >= 0.6 is 23.4 Å². The fourth-order valence-corrected chi connectivity index (χ4v) is 2.17. The standard InChI is InChI=1S/C11H22ClNOS/c1-4-11(5-2,8-12)9-13-10(14)6-7-15-3/h4-9H2,1-3H3,(H,13,14). The Kier molecular flexibility index (Phi) is 8.34. The third-order valence-corrected chi connectivity index (χ3v) is 4.16. The van der Waals surface area contributed by atoms with E-state index in [4.69, 9.17) is 11.6 Å². The summed E-state index contributed by atoms with van der Waals surface area (Å²) >= 11 is 7.65. The predicted molar refractivity (Wildman–Crippen MR) is 69.7 cm³/mol. The van der Waals surface area contributed by atoms with Gasteiger partial charge in [-0.05, 0) is 19.1 Å². The van der Waals surface area contributed by atoms with Crippen LogP contribution in [0.4, 0.5) is 0 Å². The van der Waals surface area contributed by atoms with Gasteiger partial charge in [0.25, 0.3) is 0 Å². The minimum atomic E-state index is 0.0799. The summed E-state index contributed by atoms with van der Waals surface area (Å²) in [6.07, 6.45) is 4.63. The molecule has 15 heavy (non-hydrogen) atoms. The van der Waals surface area contributed by atoms with E-state index in [0.29, 0.717) is 18.8 Å². The molecule has 1 amide bonds. The maximum atomic E-state index is 11.4. The van der Waals surface area contributed by atoms with E-state index >= 15 is 0 Å². The van der Waals surface area contributed by atoms with Crippen LogP contribution in [0.25, 0.3) is 0 Å². The van der Waals surface area contributed by atoms with Gasteiger partial charge in [-0.2, -0.15) is 11.8 Å². The van der Waals surface area contributed by atoms with Gasteiger partial charge in [-0.3, -0.25) is 4.79 Å². The molecule has 0 spiro atoms. The molecule has 0 aliphatic carbocycles. The van der Waals surface area contributed by atoms with Crippen molar-refractivity contribution in [2.75, 3.05) is 24.4 Å². The summed E-state index contributed by atoms with van der Waals surface area (Å²) in [6.45, 7) is 4.95. The Hall–Kier alpha value is 0.110. The summed E-state index contributed by atoms with van der Waals surface area (Å²) in [7, 11) is 0. The fraction of sp³-hybridized carbons (Fsp3) is 0.909. The van der Waals surface area contributed by atoms with Gasteiger partial charge in [-0.15, -0.1) is 11.6 Å². The Morgan fingerprint density at radius 2 is 2.00 bits per heavy atom. The zero-order chi connectivity index (χ0) is 11.7. The SMILES string of the molecule is CCC(CC)(CCl)CNC(=O)CCSC. The van der Waals surface area contributed by atoms with Crippen LogP contribution in [-0.4, -0.2) is 30.3 Å². The number of nitrogens with one attached hydrogen (secondary N) is 1. The highest BCUT2D eigenvalue weighted by molar-refractivity contribution is 7.98.